The van der Waals surface area contributed by atoms with Crippen LogP contribution in [0.3, 0.4) is 0 Å². The minimum atomic E-state index is 0.356. The predicted molar refractivity (Wildman–Crippen MR) is 57.8 cm³/mol. The highest BCUT2D eigenvalue weighted by atomic mass is 16.3. The van der Waals surface area contributed by atoms with Crippen molar-refractivity contribution in [2.24, 2.45) is 0 Å². The van der Waals surface area contributed by atoms with Crippen molar-refractivity contribution in [3.05, 3.63) is 23.5 Å². The number of nitrogens with zero attached hydrogens (tertiary/aromatic N) is 2. The normalized spacial score (nSPS) is 15.5. The summed E-state index contributed by atoms with van der Waals surface area (Å²) >= 11 is 0. The lowest BCUT2D eigenvalue weighted by Gasteiger charge is -2.16. The van der Waals surface area contributed by atoms with Gasteiger partial charge in [-0.1, -0.05) is 0 Å². The molecule has 2 aromatic heterocycles. The first-order chi connectivity index (χ1) is 7.27. The van der Waals surface area contributed by atoms with Crippen LogP contribution in [0, 0.1) is 6.92 Å². The molecule has 15 heavy (non-hydrogen) atoms. The fourth-order valence-corrected chi connectivity index (χ4v) is 2.18. The van der Waals surface area contributed by atoms with Crippen molar-refractivity contribution in [3.8, 4) is 5.88 Å². The molecule has 0 unspecified atom stereocenters. The second-order valence-corrected chi connectivity index (χ2v) is 3.95. The van der Waals surface area contributed by atoms with E-state index in [9.17, 15) is 5.11 Å². The molecule has 0 atom stereocenters. The average molecular weight is 203 g/mol. The summed E-state index contributed by atoms with van der Waals surface area (Å²) in [4.78, 5) is 4.49. The Morgan fingerprint density at radius 3 is 3.20 bits per heavy atom. The summed E-state index contributed by atoms with van der Waals surface area (Å²) in [5.41, 5.74) is 3.01. The van der Waals surface area contributed by atoms with Gasteiger partial charge in [-0.05, 0) is 19.1 Å². The highest BCUT2D eigenvalue weighted by molar-refractivity contribution is 5.87. The quantitative estimate of drug-likeness (QED) is 0.675. The maximum atomic E-state index is 10.0. The van der Waals surface area contributed by atoms with E-state index in [0.717, 1.165) is 41.9 Å². The van der Waals surface area contributed by atoms with E-state index < -0.39 is 0 Å². The number of fused-ring (bicyclic) bond motifs is 3. The fraction of sp³-hybridized carbons (Fsp3) is 0.364. The Morgan fingerprint density at radius 1 is 1.47 bits per heavy atom. The van der Waals surface area contributed by atoms with Gasteiger partial charge in [0.05, 0.1) is 16.6 Å². The van der Waals surface area contributed by atoms with Gasteiger partial charge in [0, 0.05) is 25.3 Å². The topological polar surface area (TPSA) is 50.1 Å². The summed E-state index contributed by atoms with van der Waals surface area (Å²) in [5, 5.41) is 14.2. The highest BCUT2D eigenvalue weighted by Gasteiger charge is 2.19. The second kappa shape index (κ2) is 2.97. The summed E-state index contributed by atoms with van der Waals surface area (Å²) in [6.45, 7) is 4.47. The molecule has 0 amide bonds. The summed E-state index contributed by atoms with van der Waals surface area (Å²) < 4.78 is 1.95. The van der Waals surface area contributed by atoms with Gasteiger partial charge in [0.15, 0.2) is 0 Å². The van der Waals surface area contributed by atoms with Crippen LogP contribution in [0.2, 0.25) is 0 Å². The third kappa shape index (κ3) is 1.15. The van der Waals surface area contributed by atoms with Gasteiger partial charge in [-0.3, -0.25) is 4.98 Å². The molecule has 0 radical (unpaired) electrons. The maximum Gasteiger partial charge on any atom is 0.201 e. The minimum absolute atomic E-state index is 0.356. The molecule has 4 heteroatoms. The van der Waals surface area contributed by atoms with E-state index in [4.69, 9.17) is 0 Å². The van der Waals surface area contributed by atoms with E-state index in [0.29, 0.717) is 5.88 Å². The summed E-state index contributed by atoms with van der Waals surface area (Å²) in [6, 6.07) is 3.87. The second-order valence-electron chi connectivity index (χ2n) is 3.95. The number of nitrogens with one attached hydrogen (secondary N) is 1. The number of aromatic nitrogens is 2. The maximum absolute atomic E-state index is 10.0. The van der Waals surface area contributed by atoms with E-state index in [1.165, 1.54) is 0 Å². The molecule has 0 aromatic carbocycles. The number of aromatic hydroxyl groups is 1. The Bertz CT molecular complexity index is 530. The van der Waals surface area contributed by atoms with Crippen LogP contribution in [-0.4, -0.2) is 21.2 Å². The van der Waals surface area contributed by atoms with Crippen LogP contribution in [-0.2, 0) is 13.1 Å². The molecule has 4 nitrogen and oxygen atoms in total. The number of pyridine rings is 1. The first-order valence-electron chi connectivity index (χ1n) is 5.16. The summed E-state index contributed by atoms with van der Waals surface area (Å²) in [6.07, 6.45) is 0. The Hall–Kier alpha value is -1.55. The lowest BCUT2D eigenvalue weighted by molar-refractivity contribution is 0.396. The molecule has 0 bridgehead atoms. The number of aryl methyl sites for hydroxylation is 1. The van der Waals surface area contributed by atoms with Gasteiger partial charge in [0.1, 0.15) is 0 Å². The van der Waals surface area contributed by atoms with Crippen LogP contribution in [0.25, 0.3) is 10.9 Å². The molecule has 2 aromatic rings. The molecule has 0 fully saturated rings. The highest BCUT2D eigenvalue weighted by Crippen LogP contribution is 2.31. The van der Waals surface area contributed by atoms with Crippen molar-refractivity contribution in [1.82, 2.24) is 14.9 Å². The lowest BCUT2D eigenvalue weighted by atomic mass is 10.2. The van der Waals surface area contributed by atoms with Crippen LogP contribution >= 0.6 is 0 Å². The molecule has 2 N–H and O–H groups in total. The van der Waals surface area contributed by atoms with Crippen molar-refractivity contribution in [2.45, 2.75) is 20.0 Å². The van der Waals surface area contributed by atoms with Gasteiger partial charge < -0.3 is 15.0 Å². The Balaban J connectivity index is 2.39. The van der Waals surface area contributed by atoms with Crippen molar-refractivity contribution >= 4 is 10.9 Å². The van der Waals surface area contributed by atoms with Crippen LogP contribution in [0.1, 0.15) is 11.4 Å². The zero-order valence-corrected chi connectivity index (χ0v) is 8.62. The van der Waals surface area contributed by atoms with Crippen molar-refractivity contribution in [2.75, 3.05) is 6.54 Å². The molecular weight excluding hydrogens is 190 g/mol. The molecule has 1 aliphatic rings. The molecule has 0 saturated heterocycles. The van der Waals surface area contributed by atoms with Crippen LogP contribution in [0.4, 0.5) is 0 Å². The minimum Gasteiger partial charge on any atom is -0.494 e. The number of hydrogen-bond donors (Lipinski definition) is 2. The molecule has 78 valence electrons. The van der Waals surface area contributed by atoms with Gasteiger partial charge in [0.2, 0.25) is 5.88 Å². The zero-order valence-electron chi connectivity index (χ0n) is 8.62. The zero-order chi connectivity index (χ0) is 10.4. The van der Waals surface area contributed by atoms with Gasteiger partial charge in [-0.2, -0.15) is 0 Å². The predicted octanol–water partition coefficient (Wildman–Crippen LogP) is 1.15. The van der Waals surface area contributed by atoms with E-state index in [1.807, 2.05) is 23.6 Å². The van der Waals surface area contributed by atoms with Crippen LogP contribution in [0.5, 0.6) is 5.88 Å². The standard InChI is InChI=1S/C11H13N3O/c1-7-2-3-8-10(13-7)9-6-12-4-5-14(9)11(8)15/h2-3,12,15H,4-6H2,1H3. The van der Waals surface area contributed by atoms with Crippen LogP contribution < -0.4 is 5.32 Å². The summed E-state index contributed by atoms with van der Waals surface area (Å²) in [5.74, 6) is 0.356. The fourth-order valence-electron chi connectivity index (χ4n) is 2.18. The smallest absolute Gasteiger partial charge is 0.201 e. The van der Waals surface area contributed by atoms with Gasteiger partial charge in [-0.25, -0.2) is 0 Å². The van der Waals surface area contributed by atoms with E-state index in [1.54, 1.807) is 0 Å². The molecule has 3 heterocycles. The molecule has 1 aliphatic heterocycles. The molecule has 0 aliphatic carbocycles. The van der Waals surface area contributed by atoms with Crippen molar-refractivity contribution < 1.29 is 5.11 Å². The monoisotopic (exact) mass is 203 g/mol. The molecule has 0 saturated carbocycles. The van der Waals surface area contributed by atoms with Gasteiger partial charge >= 0.3 is 0 Å². The first kappa shape index (κ1) is 8.73. The average Bonchev–Trinajstić information content (AvgIpc) is 2.54. The van der Waals surface area contributed by atoms with E-state index in [-0.39, 0.29) is 0 Å². The van der Waals surface area contributed by atoms with E-state index in [2.05, 4.69) is 10.3 Å². The van der Waals surface area contributed by atoms with Gasteiger partial charge in [0.25, 0.3) is 0 Å². The number of hydrogen-bond acceptors (Lipinski definition) is 3. The van der Waals surface area contributed by atoms with E-state index >= 15 is 0 Å². The molecule has 3 rings (SSSR count). The Morgan fingerprint density at radius 2 is 2.33 bits per heavy atom. The van der Waals surface area contributed by atoms with Crippen LogP contribution in [0.15, 0.2) is 12.1 Å². The Kier molecular flexibility index (Phi) is 1.73. The Labute approximate surface area is 87.5 Å². The SMILES string of the molecule is Cc1ccc2c(O)n3c(c2n1)CNCC3. The first-order valence-corrected chi connectivity index (χ1v) is 5.16. The summed E-state index contributed by atoms with van der Waals surface area (Å²) in [7, 11) is 0. The van der Waals surface area contributed by atoms with Gasteiger partial charge in [-0.15, -0.1) is 0 Å². The molecular formula is C11H13N3O. The number of rotatable bonds is 0. The van der Waals surface area contributed by atoms with Crippen molar-refractivity contribution in [3.63, 3.8) is 0 Å². The molecule has 0 spiro atoms. The third-order valence-electron chi connectivity index (χ3n) is 2.93. The lowest BCUT2D eigenvalue weighted by Crippen LogP contribution is -2.27. The largest absolute Gasteiger partial charge is 0.494 e. The third-order valence-corrected chi connectivity index (χ3v) is 2.93. The van der Waals surface area contributed by atoms with Crippen molar-refractivity contribution in [1.29, 1.82) is 0 Å².